The van der Waals surface area contributed by atoms with E-state index in [1.54, 1.807) is 0 Å². The molecule has 1 fully saturated rings. The standard InChI is InChI=1S/C10H18O3/c1-2-8-3-4-10(7-8,5-6-11)9(12)13/h8,11H,2-7H2,1H3,(H,12,13). The summed E-state index contributed by atoms with van der Waals surface area (Å²) in [5.41, 5.74) is -0.616. The lowest BCUT2D eigenvalue weighted by Crippen LogP contribution is -2.29. The lowest BCUT2D eigenvalue weighted by atomic mass is 9.82. The van der Waals surface area contributed by atoms with Crippen LogP contribution in [0.25, 0.3) is 0 Å². The molecule has 13 heavy (non-hydrogen) atoms. The molecule has 76 valence electrons. The minimum Gasteiger partial charge on any atom is -0.481 e. The Balaban J connectivity index is 2.65. The van der Waals surface area contributed by atoms with Crippen LogP contribution in [0.2, 0.25) is 0 Å². The van der Waals surface area contributed by atoms with Crippen LogP contribution >= 0.6 is 0 Å². The van der Waals surface area contributed by atoms with Crippen molar-refractivity contribution in [1.29, 1.82) is 0 Å². The van der Waals surface area contributed by atoms with Gasteiger partial charge < -0.3 is 10.2 Å². The molecule has 0 aromatic heterocycles. The molecule has 1 saturated carbocycles. The van der Waals surface area contributed by atoms with Crippen LogP contribution in [-0.2, 0) is 4.79 Å². The maximum absolute atomic E-state index is 11.1. The van der Waals surface area contributed by atoms with Crippen molar-refractivity contribution >= 4 is 5.97 Å². The lowest BCUT2D eigenvalue weighted by molar-refractivity contribution is -0.149. The average molecular weight is 186 g/mol. The van der Waals surface area contributed by atoms with Crippen LogP contribution in [-0.4, -0.2) is 22.8 Å². The SMILES string of the molecule is CCC1CCC(CCO)(C(=O)O)C1. The maximum Gasteiger partial charge on any atom is 0.309 e. The highest BCUT2D eigenvalue weighted by atomic mass is 16.4. The molecule has 2 N–H and O–H groups in total. The van der Waals surface area contributed by atoms with E-state index in [9.17, 15) is 4.79 Å². The summed E-state index contributed by atoms with van der Waals surface area (Å²) in [4.78, 5) is 11.1. The summed E-state index contributed by atoms with van der Waals surface area (Å²) in [7, 11) is 0. The van der Waals surface area contributed by atoms with Crippen molar-refractivity contribution in [2.24, 2.45) is 11.3 Å². The van der Waals surface area contributed by atoms with Crippen LogP contribution < -0.4 is 0 Å². The smallest absolute Gasteiger partial charge is 0.309 e. The van der Waals surface area contributed by atoms with E-state index < -0.39 is 11.4 Å². The van der Waals surface area contributed by atoms with Gasteiger partial charge in [0.2, 0.25) is 0 Å². The molecular formula is C10H18O3. The number of aliphatic hydroxyl groups is 1. The fourth-order valence-corrected chi connectivity index (χ4v) is 2.33. The molecule has 2 atom stereocenters. The molecule has 0 aromatic carbocycles. The molecular weight excluding hydrogens is 168 g/mol. The normalized spacial score (nSPS) is 33.5. The van der Waals surface area contributed by atoms with E-state index in [0.29, 0.717) is 12.3 Å². The Morgan fingerprint density at radius 1 is 1.62 bits per heavy atom. The zero-order valence-electron chi connectivity index (χ0n) is 8.12. The third-order valence-corrected chi connectivity index (χ3v) is 3.33. The number of hydrogen-bond acceptors (Lipinski definition) is 2. The molecule has 0 aliphatic heterocycles. The van der Waals surface area contributed by atoms with Gasteiger partial charge in [0.15, 0.2) is 0 Å². The Labute approximate surface area is 78.8 Å². The number of aliphatic hydroxyl groups excluding tert-OH is 1. The molecule has 3 nitrogen and oxygen atoms in total. The van der Waals surface area contributed by atoms with Crippen LogP contribution in [0.5, 0.6) is 0 Å². The predicted octanol–water partition coefficient (Wildman–Crippen LogP) is 1.65. The minimum absolute atomic E-state index is 0.0112. The van der Waals surface area contributed by atoms with Gasteiger partial charge in [0, 0.05) is 6.61 Å². The van der Waals surface area contributed by atoms with Crippen molar-refractivity contribution in [3.05, 3.63) is 0 Å². The van der Waals surface area contributed by atoms with Crippen LogP contribution in [0.4, 0.5) is 0 Å². The third-order valence-electron chi connectivity index (χ3n) is 3.33. The molecule has 2 unspecified atom stereocenters. The van der Waals surface area contributed by atoms with Crippen molar-refractivity contribution in [2.75, 3.05) is 6.61 Å². The summed E-state index contributed by atoms with van der Waals surface area (Å²) >= 11 is 0. The molecule has 0 saturated heterocycles. The van der Waals surface area contributed by atoms with E-state index in [1.165, 1.54) is 0 Å². The molecule has 1 rings (SSSR count). The predicted molar refractivity (Wildman–Crippen MR) is 49.4 cm³/mol. The second-order valence-corrected chi connectivity index (χ2v) is 4.08. The quantitative estimate of drug-likeness (QED) is 0.701. The second-order valence-electron chi connectivity index (χ2n) is 4.08. The highest BCUT2D eigenvalue weighted by molar-refractivity contribution is 5.75. The number of carboxylic acids is 1. The van der Waals surface area contributed by atoms with Crippen LogP contribution in [0.3, 0.4) is 0 Å². The van der Waals surface area contributed by atoms with Crippen molar-refractivity contribution in [1.82, 2.24) is 0 Å². The molecule has 3 heteroatoms. The molecule has 1 aliphatic rings. The van der Waals surface area contributed by atoms with Crippen molar-refractivity contribution in [3.63, 3.8) is 0 Å². The van der Waals surface area contributed by atoms with Gasteiger partial charge in [-0.2, -0.15) is 0 Å². The highest BCUT2D eigenvalue weighted by Crippen LogP contribution is 2.45. The van der Waals surface area contributed by atoms with Crippen LogP contribution in [0.15, 0.2) is 0 Å². The Bertz CT molecular complexity index is 191. The van der Waals surface area contributed by atoms with E-state index in [1.807, 2.05) is 0 Å². The third kappa shape index (κ3) is 2.02. The van der Waals surface area contributed by atoms with Crippen molar-refractivity contribution in [3.8, 4) is 0 Å². The first-order valence-corrected chi connectivity index (χ1v) is 4.99. The first kappa shape index (κ1) is 10.5. The summed E-state index contributed by atoms with van der Waals surface area (Å²) in [6.07, 6.45) is 3.96. The topological polar surface area (TPSA) is 57.5 Å². The molecule has 0 radical (unpaired) electrons. The number of rotatable bonds is 4. The average Bonchev–Trinajstić information content (AvgIpc) is 2.50. The minimum atomic E-state index is -0.725. The lowest BCUT2D eigenvalue weighted by Gasteiger charge is -2.22. The zero-order chi connectivity index (χ0) is 9.90. The van der Waals surface area contributed by atoms with Gasteiger partial charge in [0.25, 0.3) is 0 Å². The molecule has 0 bridgehead atoms. The summed E-state index contributed by atoms with van der Waals surface area (Å²) in [5, 5.41) is 17.9. The van der Waals surface area contributed by atoms with Gasteiger partial charge in [-0.15, -0.1) is 0 Å². The van der Waals surface area contributed by atoms with E-state index >= 15 is 0 Å². The van der Waals surface area contributed by atoms with Gasteiger partial charge in [0.05, 0.1) is 5.41 Å². The highest BCUT2D eigenvalue weighted by Gasteiger charge is 2.44. The van der Waals surface area contributed by atoms with E-state index in [4.69, 9.17) is 10.2 Å². The number of hydrogen-bond donors (Lipinski definition) is 2. The van der Waals surface area contributed by atoms with Crippen LogP contribution in [0, 0.1) is 11.3 Å². The van der Waals surface area contributed by atoms with Gasteiger partial charge in [-0.3, -0.25) is 4.79 Å². The Kier molecular flexibility index (Phi) is 3.31. The Hall–Kier alpha value is -0.570. The molecule has 0 spiro atoms. The first-order chi connectivity index (χ1) is 6.14. The number of carboxylic acid groups (broad SMARTS) is 1. The first-order valence-electron chi connectivity index (χ1n) is 4.99. The Morgan fingerprint density at radius 3 is 2.69 bits per heavy atom. The van der Waals surface area contributed by atoms with E-state index in [2.05, 4.69) is 6.92 Å². The largest absolute Gasteiger partial charge is 0.481 e. The van der Waals surface area contributed by atoms with Gasteiger partial charge in [-0.25, -0.2) is 0 Å². The van der Waals surface area contributed by atoms with Gasteiger partial charge in [-0.1, -0.05) is 13.3 Å². The van der Waals surface area contributed by atoms with Gasteiger partial charge in [0.1, 0.15) is 0 Å². The van der Waals surface area contributed by atoms with Gasteiger partial charge in [-0.05, 0) is 31.6 Å². The number of carbonyl (C=O) groups is 1. The van der Waals surface area contributed by atoms with E-state index in [0.717, 1.165) is 25.7 Å². The van der Waals surface area contributed by atoms with Crippen molar-refractivity contribution < 1.29 is 15.0 Å². The fourth-order valence-electron chi connectivity index (χ4n) is 2.33. The molecule has 0 aromatic rings. The molecule has 0 amide bonds. The number of aliphatic carboxylic acids is 1. The molecule has 1 aliphatic carbocycles. The van der Waals surface area contributed by atoms with Crippen molar-refractivity contribution in [2.45, 2.75) is 39.0 Å². The van der Waals surface area contributed by atoms with Crippen LogP contribution in [0.1, 0.15) is 39.0 Å². The molecule has 0 heterocycles. The zero-order valence-corrected chi connectivity index (χ0v) is 8.12. The maximum atomic E-state index is 11.1. The van der Waals surface area contributed by atoms with Gasteiger partial charge >= 0.3 is 5.97 Å². The fraction of sp³-hybridized carbons (Fsp3) is 0.900. The van der Waals surface area contributed by atoms with E-state index in [-0.39, 0.29) is 6.61 Å². The monoisotopic (exact) mass is 186 g/mol. The summed E-state index contributed by atoms with van der Waals surface area (Å²) in [5.74, 6) is -0.180. The summed E-state index contributed by atoms with van der Waals surface area (Å²) < 4.78 is 0. The summed E-state index contributed by atoms with van der Waals surface area (Å²) in [6, 6.07) is 0. The summed E-state index contributed by atoms with van der Waals surface area (Å²) in [6.45, 7) is 2.09. The second kappa shape index (κ2) is 4.09. The Morgan fingerprint density at radius 2 is 2.31 bits per heavy atom.